The number of nitrogens with two attached hydrogens (primary N) is 1. The van der Waals surface area contributed by atoms with Gasteiger partial charge in [-0.15, -0.1) is 0 Å². The van der Waals surface area contributed by atoms with E-state index >= 15 is 0 Å². The average Bonchev–Trinajstić information content (AvgIpc) is 2.60. The van der Waals surface area contributed by atoms with Crippen LogP contribution < -0.4 is 5.73 Å². The van der Waals surface area contributed by atoms with Gasteiger partial charge in [-0.1, -0.05) is 46.0 Å². The summed E-state index contributed by atoms with van der Waals surface area (Å²) in [7, 11) is 0. The Bertz CT molecular complexity index is 519. The van der Waals surface area contributed by atoms with Gasteiger partial charge in [0.05, 0.1) is 0 Å². The first-order chi connectivity index (χ1) is 8.11. The molecule has 0 bridgehead atoms. The molecule has 0 unspecified atom stereocenters. The van der Waals surface area contributed by atoms with Crippen LogP contribution in [-0.2, 0) is 6.42 Å². The topological polar surface area (TPSA) is 52.0 Å². The molecule has 5 heteroatoms. The van der Waals surface area contributed by atoms with Crippen molar-refractivity contribution in [3.05, 3.63) is 33.3 Å². The number of hydrogen-bond acceptors (Lipinski definition) is 3. The highest BCUT2D eigenvalue weighted by molar-refractivity contribution is 9.10. The molecule has 2 N–H and O–H groups in total. The van der Waals surface area contributed by atoms with Gasteiger partial charge < -0.3 is 10.3 Å². The van der Waals surface area contributed by atoms with Gasteiger partial charge in [-0.05, 0) is 24.6 Å². The number of anilines is 1. The maximum Gasteiger partial charge on any atom is 0.172 e. The largest absolute Gasteiger partial charge is 0.381 e. The minimum absolute atomic E-state index is 0.456. The SMILES string of the molecule is CCCc1c(N)noc1-c1cc(Cl)cc(Br)c1. The Hall–Kier alpha value is -1.000. The Labute approximate surface area is 113 Å². The van der Waals surface area contributed by atoms with E-state index in [2.05, 4.69) is 28.0 Å². The molecule has 2 aromatic rings. The predicted octanol–water partition coefficient (Wildman–Crippen LogP) is 4.29. The molecule has 0 radical (unpaired) electrons. The van der Waals surface area contributed by atoms with E-state index < -0.39 is 0 Å². The monoisotopic (exact) mass is 314 g/mol. The first-order valence-electron chi connectivity index (χ1n) is 5.32. The number of hydrogen-bond donors (Lipinski definition) is 1. The molecular formula is C12H12BrClN2O. The summed E-state index contributed by atoms with van der Waals surface area (Å²) in [6, 6.07) is 5.60. The molecule has 0 aliphatic heterocycles. The molecule has 17 heavy (non-hydrogen) atoms. The Morgan fingerprint density at radius 3 is 2.82 bits per heavy atom. The van der Waals surface area contributed by atoms with Gasteiger partial charge in [0.1, 0.15) is 0 Å². The normalized spacial score (nSPS) is 10.8. The van der Waals surface area contributed by atoms with Crippen molar-refractivity contribution in [3.63, 3.8) is 0 Å². The van der Waals surface area contributed by atoms with E-state index in [0.717, 1.165) is 28.4 Å². The summed E-state index contributed by atoms with van der Waals surface area (Å²) in [5.41, 5.74) is 7.62. The molecular weight excluding hydrogens is 304 g/mol. The summed E-state index contributed by atoms with van der Waals surface area (Å²) in [4.78, 5) is 0. The van der Waals surface area contributed by atoms with Gasteiger partial charge in [-0.3, -0.25) is 0 Å². The quantitative estimate of drug-likeness (QED) is 0.919. The molecule has 0 saturated heterocycles. The lowest BCUT2D eigenvalue weighted by atomic mass is 10.1. The Kier molecular flexibility index (Phi) is 3.74. The smallest absolute Gasteiger partial charge is 0.172 e. The van der Waals surface area contributed by atoms with Crippen LogP contribution in [-0.4, -0.2) is 5.16 Å². The Morgan fingerprint density at radius 2 is 2.18 bits per heavy atom. The zero-order valence-corrected chi connectivity index (χ0v) is 11.7. The number of halogens is 2. The van der Waals surface area contributed by atoms with Gasteiger partial charge in [-0.25, -0.2) is 0 Å². The van der Waals surface area contributed by atoms with E-state index in [1.54, 1.807) is 0 Å². The van der Waals surface area contributed by atoms with Crippen LogP contribution in [0.3, 0.4) is 0 Å². The molecule has 90 valence electrons. The van der Waals surface area contributed by atoms with E-state index in [-0.39, 0.29) is 0 Å². The van der Waals surface area contributed by atoms with Crippen LogP contribution in [0, 0.1) is 0 Å². The van der Waals surface area contributed by atoms with Gasteiger partial charge in [0.25, 0.3) is 0 Å². The second kappa shape index (κ2) is 5.10. The number of nitrogens with zero attached hydrogens (tertiary/aromatic N) is 1. The van der Waals surface area contributed by atoms with E-state index in [1.165, 1.54) is 0 Å². The standard InChI is InChI=1S/C12H12BrClN2O/c1-2-3-10-11(17-16-12(10)15)7-4-8(13)6-9(14)5-7/h4-6H,2-3H2,1H3,(H2,15,16). The second-order valence-corrected chi connectivity index (χ2v) is 5.14. The predicted molar refractivity (Wildman–Crippen MR) is 73.1 cm³/mol. The molecule has 0 atom stereocenters. The van der Waals surface area contributed by atoms with Crippen molar-refractivity contribution < 1.29 is 4.52 Å². The highest BCUT2D eigenvalue weighted by Crippen LogP contribution is 2.32. The van der Waals surface area contributed by atoms with Crippen molar-refractivity contribution in [1.82, 2.24) is 5.16 Å². The fourth-order valence-corrected chi connectivity index (χ4v) is 2.58. The zero-order chi connectivity index (χ0) is 12.4. The first-order valence-corrected chi connectivity index (χ1v) is 6.49. The van der Waals surface area contributed by atoms with Crippen molar-refractivity contribution in [1.29, 1.82) is 0 Å². The number of aromatic nitrogens is 1. The lowest BCUT2D eigenvalue weighted by Gasteiger charge is -2.02. The molecule has 0 spiro atoms. The van der Waals surface area contributed by atoms with Crippen molar-refractivity contribution in [3.8, 4) is 11.3 Å². The molecule has 3 nitrogen and oxygen atoms in total. The van der Waals surface area contributed by atoms with E-state index in [0.29, 0.717) is 16.6 Å². The van der Waals surface area contributed by atoms with E-state index in [1.807, 2.05) is 18.2 Å². The molecule has 0 aliphatic carbocycles. The van der Waals surface area contributed by atoms with Crippen LogP contribution >= 0.6 is 27.5 Å². The van der Waals surface area contributed by atoms with Crippen molar-refractivity contribution in [2.75, 3.05) is 5.73 Å². The maximum absolute atomic E-state index is 6.01. The van der Waals surface area contributed by atoms with Crippen molar-refractivity contribution >= 4 is 33.3 Å². The number of benzene rings is 1. The van der Waals surface area contributed by atoms with Crippen LogP contribution in [0.5, 0.6) is 0 Å². The average molecular weight is 316 g/mol. The van der Waals surface area contributed by atoms with Gasteiger partial charge >= 0.3 is 0 Å². The number of nitrogen functional groups attached to an aromatic ring is 1. The third kappa shape index (κ3) is 2.64. The zero-order valence-electron chi connectivity index (χ0n) is 9.34. The molecule has 1 aromatic carbocycles. The lowest BCUT2D eigenvalue weighted by molar-refractivity contribution is 0.435. The summed E-state index contributed by atoms with van der Waals surface area (Å²) < 4.78 is 6.19. The lowest BCUT2D eigenvalue weighted by Crippen LogP contribution is -1.92. The molecule has 0 fully saturated rings. The molecule has 1 heterocycles. The summed E-state index contributed by atoms with van der Waals surface area (Å²) >= 11 is 9.42. The molecule has 0 aliphatic rings. The molecule has 0 saturated carbocycles. The van der Waals surface area contributed by atoms with Crippen LogP contribution in [0.25, 0.3) is 11.3 Å². The highest BCUT2D eigenvalue weighted by atomic mass is 79.9. The van der Waals surface area contributed by atoms with Gasteiger partial charge in [0, 0.05) is 20.6 Å². The summed E-state index contributed by atoms with van der Waals surface area (Å²) in [6.07, 6.45) is 1.83. The van der Waals surface area contributed by atoms with Gasteiger partial charge in [0.2, 0.25) is 0 Å². The van der Waals surface area contributed by atoms with Crippen LogP contribution in [0.2, 0.25) is 5.02 Å². The molecule has 1 aromatic heterocycles. The third-order valence-corrected chi connectivity index (χ3v) is 3.12. The Balaban J connectivity index is 2.52. The summed E-state index contributed by atoms with van der Waals surface area (Å²) in [5, 5.41) is 4.46. The minimum Gasteiger partial charge on any atom is -0.381 e. The fraction of sp³-hybridized carbons (Fsp3) is 0.250. The first kappa shape index (κ1) is 12.5. The van der Waals surface area contributed by atoms with Gasteiger partial charge in [0.15, 0.2) is 11.6 Å². The van der Waals surface area contributed by atoms with E-state index in [9.17, 15) is 0 Å². The van der Waals surface area contributed by atoms with Gasteiger partial charge in [-0.2, -0.15) is 0 Å². The summed E-state index contributed by atoms with van der Waals surface area (Å²) in [6.45, 7) is 2.09. The molecule has 2 rings (SSSR count). The summed E-state index contributed by atoms with van der Waals surface area (Å²) in [5.74, 6) is 1.16. The highest BCUT2D eigenvalue weighted by Gasteiger charge is 2.15. The Morgan fingerprint density at radius 1 is 1.41 bits per heavy atom. The minimum atomic E-state index is 0.456. The third-order valence-electron chi connectivity index (χ3n) is 2.44. The van der Waals surface area contributed by atoms with E-state index in [4.69, 9.17) is 21.9 Å². The maximum atomic E-state index is 6.01. The van der Waals surface area contributed by atoms with Crippen LogP contribution in [0.15, 0.2) is 27.2 Å². The van der Waals surface area contributed by atoms with Crippen LogP contribution in [0.1, 0.15) is 18.9 Å². The van der Waals surface area contributed by atoms with Crippen LogP contribution in [0.4, 0.5) is 5.82 Å². The number of rotatable bonds is 3. The van der Waals surface area contributed by atoms with Crippen molar-refractivity contribution in [2.45, 2.75) is 19.8 Å². The second-order valence-electron chi connectivity index (χ2n) is 3.78. The van der Waals surface area contributed by atoms with Crippen molar-refractivity contribution in [2.24, 2.45) is 0 Å². The molecule has 0 amide bonds. The fourth-order valence-electron chi connectivity index (χ4n) is 1.72.